The Labute approximate surface area is 181 Å². The molecule has 4 heterocycles. The summed E-state index contributed by atoms with van der Waals surface area (Å²) in [5.74, 6) is 1.13. The minimum Gasteiger partial charge on any atom is -0.492 e. The molecule has 2 atom stereocenters. The van der Waals surface area contributed by atoms with Gasteiger partial charge >= 0.3 is 0 Å². The van der Waals surface area contributed by atoms with E-state index in [9.17, 15) is 0 Å². The molecule has 5 rings (SSSR count). The average molecular weight is 412 g/mol. The van der Waals surface area contributed by atoms with Crippen LogP contribution >= 0.6 is 0 Å². The number of hydrazine groups is 1. The first-order chi connectivity index (χ1) is 15.4. The maximum atomic E-state index is 5.85. The Kier molecular flexibility index (Phi) is 5.68. The number of rotatable bonds is 7. The minimum atomic E-state index is 0.128. The number of nitrogens with one attached hydrogen (secondary N) is 2. The molecule has 0 bridgehead atoms. The lowest BCUT2D eigenvalue weighted by atomic mass is 9.90. The Morgan fingerprint density at radius 1 is 1.00 bits per heavy atom. The van der Waals surface area contributed by atoms with Crippen LogP contribution in [0, 0.1) is 0 Å². The summed E-state index contributed by atoms with van der Waals surface area (Å²) in [6.07, 6.45) is 9.21. The summed E-state index contributed by atoms with van der Waals surface area (Å²) in [5.41, 5.74) is 10.9. The van der Waals surface area contributed by atoms with Crippen molar-refractivity contribution in [2.45, 2.75) is 18.5 Å². The van der Waals surface area contributed by atoms with Gasteiger partial charge in [0.1, 0.15) is 12.4 Å². The molecular formula is C24H24N6O. The second-order valence-corrected chi connectivity index (χ2v) is 7.51. The molecule has 31 heavy (non-hydrogen) atoms. The van der Waals surface area contributed by atoms with Gasteiger partial charge in [-0.05, 0) is 54.1 Å². The van der Waals surface area contributed by atoms with Crippen molar-refractivity contribution in [1.29, 1.82) is 0 Å². The topological polar surface area (TPSA) is 76.9 Å². The molecule has 7 nitrogen and oxygen atoms in total. The van der Waals surface area contributed by atoms with Crippen molar-refractivity contribution in [3.8, 4) is 17.0 Å². The van der Waals surface area contributed by atoms with E-state index < -0.39 is 0 Å². The number of ether oxygens (including phenoxy) is 1. The van der Waals surface area contributed by atoms with Gasteiger partial charge in [0.2, 0.25) is 0 Å². The van der Waals surface area contributed by atoms with E-state index in [4.69, 9.17) is 4.74 Å². The van der Waals surface area contributed by atoms with E-state index in [1.807, 2.05) is 47.4 Å². The van der Waals surface area contributed by atoms with Crippen molar-refractivity contribution in [1.82, 2.24) is 30.4 Å². The maximum Gasteiger partial charge on any atom is 0.119 e. The van der Waals surface area contributed by atoms with Crippen LogP contribution in [-0.2, 0) is 6.54 Å². The molecule has 0 amide bonds. The molecule has 0 saturated carbocycles. The minimum absolute atomic E-state index is 0.128. The van der Waals surface area contributed by atoms with Crippen LogP contribution in [0.1, 0.15) is 23.2 Å². The van der Waals surface area contributed by atoms with Crippen molar-refractivity contribution in [3.05, 3.63) is 97.0 Å². The molecule has 1 saturated heterocycles. The fraction of sp³-hybridized carbons (Fsp3) is 0.208. The number of hydrogen-bond acceptors (Lipinski definition) is 6. The van der Waals surface area contributed by atoms with Crippen LogP contribution in [0.25, 0.3) is 11.3 Å². The van der Waals surface area contributed by atoms with Crippen LogP contribution in [0.3, 0.4) is 0 Å². The SMILES string of the molecule is c1ccc(C2NNCC2c2ccnc(-c3ccc(OCCn4ccnc4)cc3)c2)nc1. The van der Waals surface area contributed by atoms with E-state index in [0.717, 1.165) is 35.8 Å². The molecular weight excluding hydrogens is 388 g/mol. The predicted octanol–water partition coefficient (Wildman–Crippen LogP) is 3.35. The van der Waals surface area contributed by atoms with Crippen molar-refractivity contribution in [2.75, 3.05) is 13.2 Å². The van der Waals surface area contributed by atoms with Crippen LogP contribution in [0.2, 0.25) is 0 Å². The van der Waals surface area contributed by atoms with Crippen LogP contribution in [0.15, 0.2) is 85.7 Å². The van der Waals surface area contributed by atoms with Gasteiger partial charge in [-0.15, -0.1) is 0 Å². The first-order valence-electron chi connectivity index (χ1n) is 10.4. The standard InChI is InChI=1S/C24H24N6O/c1-2-9-26-22(3-1)24-21(16-28-29-24)19-8-10-27-23(15-19)18-4-6-20(7-5-18)31-14-13-30-12-11-25-17-30/h1-12,15,17,21,24,28-29H,13-14,16H2. The largest absolute Gasteiger partial charge is 0.492 e. The average Bonchev–Trinajstić information content (AvgIpc) is 3.53. The first kappa shape index (κ1) is 19.4. The third kappa shape index (κ3) is 4.47. The molecule has 1 fully saturated rings. The Morgan fingerprint density at radius 3 is 2.74 bits per heavy atom. The fourth-order valence-corrected chi connectivity index (χ4v) is 3.89. The van der Waals surface area contributed by atoms with Crippen molar-refractivity contribution in [3.63, 3.8) is 0 Å². The van der Waals surface area contributed by atoms with E-state index in [1.54, 1.807) is 12.5 Å². The van der Waals surface area contributed by atoms with E-state index in [0.29, 0.717) is 6.61 Å². The van der Waals surface area contributed by atoms with Crippen molar-refractivity contribution < 1.29 is 4.74 Å². The van der Waals surface area contributed by atoms with Crippen LogP contribution < -0.4 is 15.6 Å². The molecule has 0 radical (unpaired) electrons. The van der Waals surface area contributed by atoms with Gasteiger partial charge in [-0.2, -0.15) is 0 Å². The lowest BCUT2D eigenvalue weighted by Crippen LogP contribution is -2.25. The van der Waals surface area contributed by atoms with Crippen LogP contribution in [0.5, 0.6) is 5.75 Å². The molecule has 1 aromatic carbocycles. The molecule has 156 valence electrons. The fourth-order valence-electron chi connectivity index (χ4n) is 3.89. The highest BCUT2D eigenvalue weighted by atomic mass is 16.5. The van der Waals surface area contributed by atoms with Gasteiger partial charge in [0.15, 0.2) is 0 Å². The summed E-state index contributed by atoms with van der Waals surface area (Å²) in [4.78, 5) is 13.2. The van der Waals surface area contributed by atoms with E-state index in [1.165, 1.54) is 5.56 Å². The highest BCUT2D eigenvalue weighted by Gasteiger charge is 2.30. The van der Waals surface area contributed by atoms with Gasteiger partial charge in [-0.1, -0.05) is 6.07 Å². The van der Waals surface area contributed by atoms with E-state index >= 15 is 0 Å². The zero-order chi connectivity index (χ0) is 20.9. The summed E-state index contributed by atoms with van der Waals surface area (Å²) in [7, 11) is 0. The summed E-state index contributed by atoms with van der Waals surface area (Å²) in [6.45, 7) is 2.21. The zero-order valence-corrected chi connectivity index (χ0v) is 17.1. The molecule has 0 spiro atoms. The predicted molar refractivity (Wildman–Crippen MR) is 118 cm³/mol. The van der Waals surface area contributed by atoms with Gasteiger partial charge < -0.3 is 9.30 Å². The van der Waals surface area contributed by atoms with Crippen LogP contribution in [-0.4, -0.2) is 32.7 Å². The van der Waals surface area contributed by atoms with Crippen molar-refractivity contribution in [2.24, 2.45) is 0 Å². The Balaban J connectivity index is 1.28. The van der Waals surface area contributed by atoms with Gasteiger partial charge in [0.25, 0.3) is 0 Å². The molecule has 4 aromatic rings. The lowest BCUT2D eigenvalue weighted by Gasteiger charge is -2.18. The highest BCUT2D eigenvalue weighted by molar-refractivity contribution is 5.61. The molecule has 3 aromatic heterocycles. The van der Waals surface area contributed by atoms with E-state index in [2.05, 4.69) is 56.1 Å². The third-order valence-corrected chi connectivity index (χ3v) is 5.53. The van der Waals surface area contributed by atoms with Gasteiger partial charge in [-0.25, -0.2) is 10.4 Å². The Bertz CT molecular complexity index is 1100. The highest BCUT2D eigenvalue weighted by Crippen LogP contribution is 2.33. The van der Waals surface area contributed by atoms with Crippen molar-refractivity contribution >= 4 is 0 Å². The van der Waals surface area contributed by atoms with Gasteiger partial charge in [0.05, 0.1) is 30.3 Å². The Morgan fingerprint density at radius 2 is 1.94 bits per heavy atom. The monoisotopic (exact) mass is 412 g/mol. The quantitative estimate of drug-likeness (QED) is 0.485. The molecule has 1 aliphatic heterocycles. The molecule has 0 aliphatic carbocycles. The van der Waals surface area contributed by atoms with Gasteiger partial charge in [0, 0.05) is 42.8 Å². The number of nitrogens with zero attached hydrogens (tertiary/aromatic N) is 4. The third-order valence-electron chi connectivity index (χ3n) is 5.53. The smallest absolute Gasteiger partial charge is 0.119 e. The normalized spacial score (nSPS) is 18.2. The second-order valence-electron chi connectivity index (χ2n) is 7.51. The summed E-state index contributed by atoms with van der Waals surface area (Å²) in [5, 5.41) is 0. The maximum absolute atomic E-state index is 5.85. The van der Waals surface area contributed by atoms with Gasteiger partial charge in [-0.3, -0.25) is 15.4 Å². The molecule has 7 heteroatoms. The number of benzene rings is 1. The number of aromatic nitrogens is 4. The molecule has 2 unspecified atom stereocenters. The summed E-state index contributed by atoms with van der Waals surface area (Å²) < 4.78 is 7.84. The zero-order valence-electron chi connectivity index (χ0n) is 17.1. The lowest BCUT2D eigenvalue weighted by molar-refractivity contribution is 0.298. The number of hydrogen-bond donors (Lipinski definition) is 2. The second kappa shape index (κ2) is 9.07. The summed E-state index contributed by atoms with van der Waals surface area (Å²) in [6, 6.07) is 18.5. The first-order valence-corrected chi connectivity index (χ1v) is 10.4. The molecule has 1 aliphatic rings. The number of imidazole rings is 1. The molecule has 2 N–H and O–H groups in total. The number of pyridine rings is 2. The van der Waals surface area contributed by atoms with E-state index in [-0.39, 0.29) is 12.0 Å². The van der Waals surface area contributed by atoms with Crippen LogP contribution in [0.4, 0.5) is 0 Å². The Hall–Kier alpha value is -3.55. The summed E-state index contributed by atoms with van der Waals surface area (Å²) >= 11 is 0.